The van der Waals surface area contributed by atoms with Crippen LogP contribution in [0.4, 0.5) is 5.00 Å². The molecule has 1 aromatic rings. The van der Waals surface area contributed by atoms with Crippen molar-refractivity contribution in [3.8, 4) is 0 Å². The van der Waals surface area contributed by atoms with Crippen molar-refractivity contribution in [2.45, 2.75) is 6.92 Å². The van der Waals surface area contributed by atoms with Crippen molar-refractivity contribution in [1.29, 1.82) is 5.41 Å². The second-order valence-electron chi connectivity index (χ2n) is 1.82. The van der Waals surface area contributed by atoms with Gasteiger partial charge in [-0.2, -0.15) is 0 Å². The van der Waals surface area contributed by atoms with E-state index in [1.165, 1.54) is 17.6 Å². The van der Waals surface area contributed by atoms with Gasteiger partial charge in [0.15, 0.2) is 0 Å². The van der Waals surface area contributed by atoms with E-state index in [2.05, 4.69) is 0 Å². The average molecular weight is 140 g/mol. The lowest BCUT2D eigenvalue weighted by Crippen LogP contribution is -1.83. The van der Waals surface area contributed by atoms with Gasteiger partial charge in [-0.05, 0) is 13.0 Å². The van der Waals surface area contributed by atoms with Gasteiger partial charge in [0.05, 0.1) is 5.00 Å². The number of thiophene rings is 1. The van der Waals surface area contributed by atoms with Gasteiger partial charge in [0.2, 0.25) is 0 Å². The highest BCUT2D eigenvalue weighted by atomic mass is 32.1. The molecule has 1 aromatic heterocycles. The molecule has 9 heavy (non-hydrogen) atoms. The summed E-state index contributed by atoms with van der Waals surface area (Å²) in [5, 5.41) is 7.64. The standard InChI is InChI=1S/C6H8N2S/c1-4-2-5(3-7)6(8)9-4/h2-3,7H,8H2,1H3. The van der Waals surface area contributed by atoms with Gasteiger partial charge >= 0.3 is 0 Å². The third-order valence-electron chi connectivity index (χ3n) is 1.07. The number of aryl methyl sites for hydroxylation is 1. The van der Waals surface area contributed by atoms with Gasteiger partial charge in [-0.3, -0.25) is 0 Å². The molecule has 2 nitrogen and oxygen atoms in total. The zero-order chi connectivity index (χ0) is 6.85. The molecule has 0 unspecified atom stereocenters. The molecule has 0 fully saturated rings. The van der Waals surface area contributed by atoms with E-state index in [0.29, 0.717) is 0 Å². The van der Waals surface area contributed by atoms with E-state index in [9.17, 15) is 0 Å². The lowest BCUT2D eigenvalue weighted by atomic mass is 10.3. The highest BCUT2D eigenvalue weighted by Crippen LogP contribution is 2.21. The number of rotatable bonds is 1. The van der Waals surface area contributed by atoms with Crippen molar-refractivity contribution >= 4 is 22.6 Å². The van der Waals surface area contributed by atoms with Gasteiger partial charge in [0.1, 0.15) is 0 Å². The van der Waals surface area contributed by atoms with Crippen LogP contribution in [0.1, 0.15) is 10.4 Å². The van der Waals surface area contributed by atoms with Crippen LogP contribution in [0.2, 0.25) is 0 Å². The van der Waals surface area contributed by atoms with Crippen LogP contribution in [0, 0.1) is 12.3 Å². The van der Waals surface area contributed by atoms with Gasteiger partial charge in [0, 0.05) is 16.7 Å². The predicted octanol–water partition coefficient (Wildman–Crippen LogP) is 1.64. The Hall–Kier alpha value is -0.830. The van der Waals surface area contributed by atoms with E-state index in [-0.39, 0.29) is 0 Å². The van der Waals surface area contributed by atoms with Gasteiger partial charge in [-0.25, -0.2) is 0 Å². The normalized spacial score (nSPS) is 9.44. The average Bonchev–Trinajstić information content (AvgIpc) is 2.10. The number of anilines is 1. The maximum absolute atomic E-state index is 6.90. The van der Waals surface area contributed by atoms with Crippen molar-refractivity contribution in [2.24, 2.45) is 0 Å². The fraction of sp³-hybridized carbons (Fsp3) is 0.167. The highest BCUT2D eigenvalue weighted by Gasteiger charge is 1.97. The maximum Gasteiger partial charge on any atom is 0.0948 e. The Kier molecular flexibility index (Phi) is 1.53. The van der Waals surface area contributed by atoms with Crippen LogP contribution in [0.5, 0.6) is 0 Å². The second-order valence-corrected chi connectivity index (χ2v) is 3.11. The highest BCUT2D eigenvalue weighted by molar-refractivity contribution is 7.16. The number of nitrogen functional groups attached to an aromatic ring is 1. The number of hydrogen-bond acceptors (Lipinski definition) is 3. The van der Waals surface area contributed by atoms with Crippen LogP contribution in [-0.2, 0) is 0 Å². The minimum Gasteiger partial charge on any atom is -0.390 e. The van der Waals surface area contributed by atoms with Crippen molar-refractivity contribution in [3.05, 3.63) is 16.5 Å². The Morgan fingerprint density at radius 1 is 1.78 bits per heavy atom. The van der Waals surface area contributed by atoms with E-state index in [1.807, 2.05) is 13.0 Å². The molecule has 0 aliphatic carbocycles. The number of nitrogens with two attached hydrogens (primary N) is 1. The molecular weight excluding hydrogens is 132 g/mol. The summed E-state index contributed by atoms with van der Waals surface area (Å²) >= 11 is 1.52. The fourth-order valence-electron chi connectivity index (χ4n) is 0.665. The smallest absolute Gasteiger partial charge is 0.0948 e. The third-order valence-corrected chi connectivity index (χ3v) is 1.97. The van der Waals surface area contributed by atoms with Crippen LogP contribution < -0.4 is 5.73 Å². The number of hydrogen-bond donors (Lipinski definition) is 2. The minimum atomic E-state index is 0.738. The molecule has 0 aromatic carbocycles. The molecule has 1 heterocycles. The van der Waals surface area contributed by atoms with Crippen LogP contribution >= 0.6 is 11.3 Å². The van der Waals surface area contributed by atoms with Gasteiger partial charge < -0.3 is 11.1 Å². The largest absolute Gasteiger partial charge is 0.390 e. The van der Waals surface area contributed by atoms with E-state index in [0.717, 1.165) is 15.4 Å². The van der Waals surface area contributed by atoms with Gasteiger partial charge in [-0.15, -0.1) is 11.3 Å². The Bertz CT molecular complexity index is 227. The summed E-state index contributed by atoms with van der Waals surface area (Å²) < 4.78 is 0. The Labute approximate surface area is 57.8 Å². The van der Waals surface area contributed by atoms with Crippen LogP contribution in [0.25, 0.3) is 0 Å². The van der Waals surface area contributed by atoms with Crippen molar-refractivity contribution in [1.82, 2.24) is 0 Å². The Morgan fingerprint density at radius 3 is 2.67 bits per heavy atom. The molecule has 48 valence electrons. The first kappa shape index (κ1) is 6.29. The second kappa shape index (κ2) is 2.19. The molecule has 0 amide bonds. The molecule has 0 saturated heterocycles. The summed E-state index contributed by atoms with van der Waals surface area (Å²) in [4.78, 5) is 1.16. The van der Waals surface area contributed by atoms with E-state index >= 15 is 0 Å². The predicted molar refractivity (Wildman–Crippen MR) is 41.4 cm³/mol. The van der Waals surface area contributed by atoms with Gasteiger partial charge in [-0.1, -0.05) is 0 Å². The molecule has 0 bridgehead atoms. The van der Waals surface area contributed by atoms with Crippen molar-refractivity contribution in [3.63, 3.8) is 0 Å². The first-order valence-corrected chi connectivity index (χ1v) is 3.42. The monoisotopic (exact) mass is 140 g/mol. The molecular formula is C6H8N2S. The fourth-order valence-corrected chi connectivity index (χ4v) is 1.43. The SMILES string of the molecule is Cc1cc(C=N)c(N)s1. The molecule has 1 rings (SSSR count). The zero-order valence-electron chi connectivity index (χ0n) is 5.14. The summed E-state index contributed by atoms with van der Waals surface area (Å²) in [5.74, 6) is 0. The summed E-state index contributed by atoms with van der Waals surface area (Å²) in [6.45, 7) is 1.98. The first-order valence-electron chi connectivity index (χ1n) is 2.60. The van der Waals surface area contributed by atoms with E-state index in [1.54, 1.807) is 0 Å². The van der Waals surface area contributed by atoms with Crippen LogP contribution in [-0.4, -0.2) is 6.21 Å². The zero-order valence-corrected chi connectivity index (χ0v) is 5.96. The molecule has 0 saturated carbocycles. The summed E-state index contributed by atoms with van der Waals surface area (Å²) in [6.07, 6.45) is 1.28. The van der Waals surface area contributed by atoms with Crippen molar-refractivity contribution < 1.29 is 0 Å². The quantitative estimate of drug-likeness (QED) is 0.572. The first-order chi connectivity index (χ1) is 4.24. The molecule has 0 radical (unpaired) electrons. The number of nitrogens with one attached hydrogen (secondary N) is 1. The van der Waals surface area contributed by atoms with Crippen LogP contribution in [0.15, 0.2) is 6.07 Å². The lowest BCUT2D eigenvalue weighted by molar-refractivity contribution is 1.55. The Morgan fingerprint density at radius 2 is 2.44 bits per heavy atom. The molecule has 3 N–H and O–H groups in total. The van der Waals surface area contributed by atoms with E-state index in [4.69, 9.17) is 11.1 Å². The molecule has 0 aliphatic rings. The maximum atomic E-state index is 6.90. The summed E-state index contributed by atoms with van der Waals surface area (Å²) in [7, 11) is 0. The van der Waals surface area contributed by atoms with Gasteiger partial charge in [0.25, 0.3) is 0 Å². The third kappa shape index (κ3) is 1.10. The van der Waals surface area contributed by atoms with Crippen LogP contribution in [0.3, 0.4) is 0 Å². The molecule has 3 heteroatoms. The molecule has 0 aliphatic heterocycles. The lowest BCUT2D eigenvalue weighted by Gasteiger charge is -1.82. The van der Waals surface area contributed by atoms with Crippen molar-refractivity contribution in [2.75, 3.05) is 5.73 Å². The topological polar surface area (TPSA) is 49.9 Å². The summed E-state index contributed by atoms with van der Waals surface area (Å²) in [5.41, 5.74) is 6.35. The molecule has 0 spiro atoms. The summed E-state index contributed by atoms with van der Waals surface area (Å²) in [6, 6.07) is 1.91. The minimum absolute atomic E-state index is 0.738. The Balaban J connectivity index is 3.15. The molecule has 0 atom stereocenters. The van der Waals surface area contributed by atoms with E-state index < -0.39 is 0 Å².